The van der Waals surface area contributed by atoms with Gasteiger partial charge in [0.25, 0.3) is 0 Å². The topological polar surface area (TPSA) is 24.5 Å². The summed E-state index contributed by atoms with van der Waals surface area (Å²) < 4.78 is 43.2. The first-order chi connectivity index (χ1) is 10.5. The molecule has 0 radical (unpaired) electrons. The highest BCUT2D eigenvalue weighted by atomic mass is 19.4. The summed E-state index contributed by atoms with van der Waals surface area (Å²) in [5.41, 5.74) is 0.926. The Hall–Kier alpha value is -1.27. The maximum absolute atomic E-state index is 12.6. The number of rotatable bonds is 6. The van der Waals surface area contributed by atoms with E-state index in [1.165, 1.54) is 0 Å². The van der Waals surface area contributed by atoms with Gasteiger partial charge < -0.3 is 10.1 Å². The minimum absolute atomic E-state index is 0.0947. The van der Waals surface area contributed by atoms with Crippen molar-refractivity contribution >= 4 is 0 Å². The lowest BCUT2D eigenvalue weighted by molar-refractivity contribution is -0.138. The van der Waals surface area contributed by atoms with E-state index < -0.39 is 12.6 Å². The molecule has 2 rings (SSSR count). The first kappa shape index (κ1) is 17.1. The van der Waals surface area contributed by atoms with E-state index >= 15 is 0 Å². The van der Waals surface area contributed by atoms with E-state index in [-0.39, 0.29) is 12.5 Å². The Morgan fingerprint density at radius 2 is 1.82 bits per heavy atom. The van der Waals surface area contributed by atoms with Crippen molar-refractivity contribution in [2.75, 3.05) is 32.8 Å². The normalized spacial score (nSPS) is 18.2. The third-order valence-corrected chi connectivity index (χ3v) is 3.87. The number of ether oxygens (including phenoxy) is 1. The molecular formula is C16H23F3N2O. The Morgan fingerprint density at radius 1 is 1.18 bits per heavy atom. The summed E-state index contributed by atoms with van der Waals surface area (Å²) in [6.07, 6.45) is -4.77. The zero-order valence-electron chi connectivity index (χ0n) is 12.8. The summed E-state index contributed by atoms with van der Waals surface area (Å²) >= 11 is 0. The molecule has 1 atom stereocenters. The Morgan fingerprint density at radius 3 is 2.36 bits per heavy atom. The van der Waals surface area contributed by atoms with Crippen LogP contribution in [-0.2, 0) is 0 Å². The third kappa shape index (κ3) is 5.18. The molecule has 6 heteroatoms. The zero-order valence-corrected chi connectivity index (χ0v) is 12.8. The lowest BCUT2D eigenvalue weighted by atomic mass is 9.99. The molecule has 1 fully saturated rings. The van der Waals surface area contributed by atoms with Gasteiger partial charge in [-0.1, -0.05) is 12.1 Å². The molecule has 0 bridgehead atoms. The molecule has 0 saturated carbocycles. The zero-order chi connectivity index (χ0) is 16.0. The van der Waals surface area contributed by atoms with Crippen molar-refractivity contribution < 1.29 is 17.9 Å². The Balaban J connectivity index is 2.11. The van der Waals surface area contributed by atoms with Gasteiger partial charge in [0.1, 0.15) is 5.75 Å². The van der Waals surface area contributed by atoms with E-state index in [1.807, 2.05) is 31.2 Å². The summed E-state index contributed by atoms with van der Waals surface area (Å²) in [4.78, 5) is 2.14. The smallest absolute Gasteiger partial charge is 0.389 e. The van der Waals surface area contributed by atoms with Crippen LogP contribution in [0.3, 0.4) is 0 Å². The van der Waals surface area contributed by atoms with Crippen molar-refractivity contribution in [2.45, 2.75) is 32.0 Å². The van der Waals surface area contributed by atoms with Crippen molar-refractivity contribution in [3.63, 3.8) is 0 Å². The highest BCUT2D eigenvalue weighted by molar-refractivity contribution is 5.29. The van der Waals surface area contributed by atoms with Crippen LogP contribution in [0, 0.1) is 0 Å². The quantitative estimate of drug-likeness (QED) is 0.871. The average molecular weight is 316 g/mol. The number of nitrogens with one attached hydrogen (secondary N) is 1. The van der Waals surface area contributed by atoms with Gasteiger partial charge in [0.15, 0.2) is 0 Å². The molecule has 1 aliphatic rings. The van der Waals surface area contributed by atoms with Crippen LogP contribution in [0.15, 0.2) is 24.3 Å². The number of nitrogens with zero attached hydrogens (tertiary/aromatic N) is 1. The fourth-order valence-corrected chi connectivity index (χ4v) is 2.81. The van der Waals surface area contributed by atoms with Gasteiger partial charge in [-0.05, 0) is 31.0 Å². The lowest BCUT2D eigenvalue weighted by Crippen LogP contribution is -2.45. The highest BCUT2D eigenvalue weighted by Gasteiger charge is 2.31. The van der Waals surface area contributed by atoms with Gasteiger partial charge in [-0.25, -0.2) is 0 Å². The predicted octanol–water partition coefficient (Wildman–Crippen LogP) is 3.37. The molecular weight excluding hydrogens is 293 g/mol. The number of benzene rings is 1. The summed E-state index contributed by atoms with van der Waals surface area (Å²) in [6.45, 7) is 5.67. The van der Waals surface area contributed by atoms with Crippen LogP contribution in [0.25, 0.3) is 0 Å². The van der Waals surface area contributed by atoms with Crippen LogP contribution in [0.5, 0.6) is 5.75 Å². The summed E-state index contributed by atoms with van der Waals surface area (Å²) in [5, 5.41) is 3.24. The SMILES string of the molecule is CCOc1ccc([C@H](CCC(F)(F)F)N2CCNCC2)cc1. The predicted molar refractivity (Wildman–Crippen MR) is 80.1 cm³/mol. The van der Waals surface area contributed by atoms with E-state index in [4.69, 9.17) is 4.74 Å². The van der Waals surface area contributed by atoms with E-state index in [0.717, 1.165) is 37.5 Å². The molecule has 1 aromatic rings. The van der Waals surface area contributed by atoms with Crippen LogP contribution in [0.4, 0.5) is 13.2 Å². The second kappa shape index (κ2) is 7.83. The second-order valence-electron chi connectivity index (χ2n) is 5.46. The van der Waals surface area contributed by atoms with Crippen LogP contribution in [0.1, 0.15) is 31.4 Å². The monoisotopic (exact) mass is 316 g/mol. The minimum atomic E-state index is -4.11. The van der Waals surface area contributed by atoms with Gasteiger partial charge in [0.05, 0.1) is 6.61 Å². The molecule has 124 valence electrons. The molecule has 1 saturated heterocycles. The van der Waals surface area contributed by atoms with Crippen molar-refractivity contribution in [3.05, 3.63) is 29.8 Å². The highest BCUT2D eigenvalue weighted by Crippen LogP contribution is 2.32. The van der Waals surface area contributed by atoms with Crippen molar-refractivity contribution in [3.8, 4) is 5.75 Å². The fraction of sp³-hybridized carbons (Fsp3) is 0.625. The molecule has 22 heavy (non-hydrogen) atoms. The molecule has 1 N–H and O–H groups in total. The second-order valence-corrected chi connectivity index (χ2v) is 5.46. The van der Waals surface area contributed by atoms with Gasteiger partial charge >= 0.3 is 6.18 Å². The van der Waals surface area contributed by atoms with Gasteiger partial charge in [0.2, 0.25) is 0 Å². The van der Waals surface area contributed by atoms with Gasteiger partial charge in [0, 0.05) is 38.6 Å². The average Bonchev–Trinajstić information content (AvgIpc) is 2.49. The van der Waals surface area contributed by atoms with Crippen LogP contribution < -0.4 is 10.1 Å². The van der Waals surface area contributed by atoms with Crippen molar-refractivity contribution in [2.24, 2.45) is 0 Å². The summed E-state index contributed by atoms with van der Waals surface area (Å²) in [7, 11) is 0. The maximum atomic E-state index is 12.6. The van der Waals surface area contributed by atoms with Gasteiger partial charge in [-0.3, -0.25) is 4.90 Å². The molecule has 0 spiro atoms. The van der Waals surface area contributed by atoms with E-state index in [9.17, 15) is 13.2 Å². The van der Waals surface area contributed by atoms with Crippen molar-refractivity contribution in [1.82, 2.24) is 10.2 Å². The van der Waals surface area contributed by atoms with Crippen LogP contribution in [0.2, 0.25) is 0 Å². The molecule has 0 aliphatic carbocycles. The van der Waals surface area contributed by atoms with Gasteiger partial charge in [-0.15, -0.1) is 0 Å². The third-order valence-electron chi connectivity index (χ3n) is 3.87. The molecule has 1 heterocycles. The first-order valence-corrected chi connectivity index (χ1v) is 7.74. The number of halogens is 3. The van der Waals surface area contributed by atoms with E-state index in [0.29, 0.717) is 6.61 Å². The standard InChI is InChI=1S/C16H23F3N2O/c1-2-22-14-5-3-13(4-6-14)15(7-8-16(17,18)19)21-11-9-20-10-12-21/h3-6,15,20H,2,7-12H2,1H3/t15-/m0/s1. The largest absolute Gasteiger partial charge is 0.494 e. The molecule has 0 unspecified atom stereocenters. The molecule has 0 aromatic heterocycles. The fourth-order valence-electron chi connectivity index (χ4n) is 2.81. The van der Waals surface area contributed by atoms with Gasteiger partial charge in [-0.2, -0.15) is 13.2 Å². The molecule has 1 aromatic carbocycles. The summed E-state index contributed by atoms with van der Waals surface area (Å²) in [5.74, 6) is 0.751. The number of hydrogen-bond donors (Lipinski definition) is 1. The Labute approximate surface area is 129 Å². The van der Waals surface area contributed by atoms with E-state index in [2.05, 4.69) is 10.2 Å². The molecule has 0 amide bonds. The first-order valence-electron chi connectivity index (χ1n) is 7.74. The minimum Gasteiger partial charge on any atom is -0.494 e. The lowest BCUT2D eigenvalue weighted by Gasteiger charge is -2.35. The van der Waals surface area contributed by atoms with Crippen LogP contribution in [-0.4, -0.2) is 43.9 Å². The van der Waals surface area contributed by atoms with Crippen LogP contribution >= 0.6 is 0 Å². The number of hydrogen-bond acceptors (Lipinski definition) is 3. The summed E-state index contributed by atoms with van der Waals surface area (Å²) in [6, 6.07) is 7.24. The number of piperazine rings is 1. The Bertz CT molecular complexity index is 442. The maximum Gasteiger partial charge on any atom is 0.389 e. The Kier molecular flexibility index (Phi) is 6.08. The van der Waals surface area contributed by atoms with E-state index in [1.54, 1.807) is 0 Å². The molecule has 1 aliphatic heterocycles. The molecule has 3 nitrogen and oxygen atoms in total. The number of alkyl halides is 3. The van der Waals surface area contributed by atoms with Crippen molar-refractivity contribution in [1.29, 1.82) is 0 Å².